The molecule has 1 atom stereocenters. The van der Waals surface area contributed by atoms with Gasteiger partial charge in [0, 0.05) is 17.2 Å². The minimum absolute atomic E-state index is 0.0438. The predicted octanol–water partition coefficient (Wildman–Crippen LogP) is 4.32. The molecule has 1 amide bonds. The molecule has 0 bridgehead atoms. The molecule has 5 heteroatoms. The van der Waals surface area contributed by atoms with E-state index in [1.54, 1.807) is 19.1 Å². The van der Waals surface area contributed by atoms with Crippen LogP contribution in [0.25, 0.3) is 0 Å². The van der Waals surface area contributed by atoms with E-state index in [0.717, 1.165) is 11.1 Å². The van der Waals surface area contributed by atoms with E-state index in [4.69, 9.17) is 0 Å². The third-order valence-corrected chi connectivity index (χ3v) is 4.36. The van der Waals surface area contributed by atoms with E-state index in [1.807, 2.05) is 20.8 Å². The molecular weight excluding hydrogens is 304 g/mol. The van der Waals surface area contributed by atoms with Gasteiger partial charge >= 0.3 is 0 Å². The van der Waals surface area contributed by atoms with Gasteiger partial charge in [0.25, 0.3) is 11.6 Å². The largest absolute Gasteiger partial charge is 0.346 e. The second-order valence-electron chi connectivity index (χ2n) is 6.25. The third-order valence-electron chi connectivity index (χ3n) is 4.36. The van der Waals surface area contributed by atoms with Gasteiger partial charge in [0.05, 0.1) is 11.0 Å². The zero-order valence-corrected chi connectivity index (χ0v) is 14.6. The monoisotopic (exact) mass is 326 g/mol. The number of rotatable bonds is 4. The molecule has 0 radical (unpaired) electrons. The smallest absolute Gasteiger partial charge is 0.273 e. The molecule has 0 saturated carbocycles. The lowest BCUT2D eigenvalue weighted by Gasteiger charge is -2.18. The molecule has 0 aliphatic heterocycles. The van der Waals surface area contributed by atoms with Crippen LogP contribution in [0.2, 0.25) is 0 Å². The fourth-order valence-corrected chi connectivity index (χ4v) is 2.75. The highest BCUT2D eigenvalue weighted by atomic mass is 16.6. The van der Waals surface area contributed by atoms with Crippen molar-refractivity contribution in [1.29, 1.82) is 0 Å². The Morgan fingerprint density at radius 1 is 1.00 bits per heavy atom. The average Bonchev–Trinajstić information content (AvgIpc) is 2.50. The van der Waals surface area contributed by atoms with Gasteiger partial charge < -0.3 is 5.32 Å². The van der Waals surface area contributed by atoms with Crippen molar-refractivity contribution >= 4 is 11.6 Å². The number of nitro groups is 1. The Labute approximate surface area is 141 Å². The maximum Gasteiger partial charge on any atom is 0.273 e. The molecule has 5 nitrogen and oxygen atoms in total. The Morgan fingerprint density at radius 3 is 2.25 bits per heavy atom. The maximum atomic E-state index is 12.4. The number of nitro benzene ring substituents is 1. The molecule has 126 valence electrons. The molecule has 0 heterocycles. The summed E-state index contributed by atoms with van der Waals surface area (Å²) >= 11 is 0. The van der Waals surface area contributed by atoms with Crippen molar-refractivity contribution in [2.24, 2.45) is 0 Å². The van der Waals surface area contributed by atoms with Crippen molar-refractivity contribution in [1.82, 2.24) is 5.32 Å². The van der Waals surface area contributed by atoms with Crippen molar-refractivity contribution in [2.45, 2.75) is 40.7 Å². The molecule has 24 heavy (non-hydrogen) atoms. The molecule has 1 N–H and O–H groups in total. The zero-order chi connectivity index (χ0) is 18.0. The highest BCUT2D eigenvalue weighted by Crippen LogP contribution is 2.23. The summed E-state index contributed by atoms with van der Waals surface area (Å²) in [5.74, 6) is -0.316. The zero-order valence-electron chi connectivity index (χ0n) is 14.6. The molecule has 2 rings (SSSR count). The summed E-state index contributed by atoms with van der Waals surface area (Å²) in [7, 11) is 0. The van der Waals surface area contributed by atoms with Crippen LogP contribution >= 0.6 is 0 Å². The maximum absolute atomic E-state index is 12.4. The molecule has 0 aromatic heterocycles. The van der Waals surface area contributed by atoms with Crippen molar-refractivity contribution in [2.75, 3.05) is 0 Å². The van der Waals surface area contributed by atoms with E-state index < -0.39 is 4.92 Å². The predicted molar refractivity (Wildman–Crippen MR) is 94.4 cm³/mol. The normalized spacial score (nSPS) is 11.9. The quantitative estimate of drug-likeness (QED) is 0.672. The standard InChI is InChI=1S/C19H22N2O3/c1-11-6-7-16(10-18(11)21(23)24)19(22)20-15(5)17-9-13(3)12(2)8-14(17)4/h6-10,15H,1-5H3,(H,20,22)/t15-/m0/s1. The summed E-state index contributed by atoms with van der Waals surface area (Å²) in [6.45, 7) is 9.68. The summed E-state index contributed by atoms with van der Waals surface area (Å²) in [5.41, 5.74) is 5.33. The van der Waals surface area contributed by atoms with Crippen LogP contribution in [-0.2, 0) is 0 Å². The van der Waals surface area contributed by atoms with Gasteiger partial charge in [0.2, 0.25) is 0 Å². The fourth-order valence-electron chi connectivity index (χ4n) is 2.75. The molecule has 0 fully saturated rings. The molecule has 0 aliphatic rings. The summed E-state index contributed by atoms with van der Waals surface area (Å²) in [4.78, 5) is 23.0. The lowest BCUT2D eigenvalue weighted by molar-refractivity contribution is -0.385. The SMILES string of the molecule is Cc1cc(C)c([C@H](C)NC(=O)c2ccc(C)c([N+](=O)[O-])c2)cc1C. The van der Waals surface area contributed by atoms with Gasteiger partial charge in [-0.25, -0.2) is 0 Å². The number of benzene rings is 2. The number of nitrogens with zero attached hydrogens (tertiary/aromatic N) is 1. The third kappa shape index (κ3) is 3.62. The number of nitrogens with one attached hydrogen (secondary N) is 1. The van der Waals surface area contributed by atoms with Crippen LogP contribution in [-0.4, -0.2) is 10.8 Å². The van der Waals surface area contributed by atoms with Crippen molar-refractivity contribution in [3.63, 3.8) is 0 Å². The minimum Gasteiger partial charge on any atom is -0.346 e. The van der Waals surface area contributed by atoms with Crippen LogP contribution in [0.4, 0.5) is 5.69 Å². The van der Waals surface area contributed by atoms with Gasteiger partial charge in [-0.15, -0.1) is 0 Å². The van der Waals surface area contributed by atoms with Crippen molar-refractivity contribution < 1.29 is 9.72 Å². The average molecular weight is 326 g/mol. The molecule has 0 unspecified atom stereocenters. The lowest BCUT2D eigenvalue weighted by atomic mass is 9.96. The first-order valence-electron chi connectivity index (χ1n) is 7.84. The number of aryl methyl sites for hydroxylation is 4. The highest BCUT2D eigenvalue weighted by molar-refractivity contribution is 5.95. The van der Waals surface area contributed by atoms with E-state index in [0.29, 0.717) is 11.1 Å². The van der Waals surface area contributed by atoms with Gasteiger partial charge in [-0.05, 0) is 62.9 Å². The van der Waals surface area contributed by atoms with Crippen LogP contribution in [0.5, 0.6) is 0 Å². The van der Waals surface area contributed by atoms with Gasteiger partial charge in [0.15, 0.2) is 0 Å². The summed E-state index contributed by atoms with van der Waals surface area (Å²) < 4.78 is 0. The second-order valence-corrected chi connectivity index (χ2v) is 6.25. The highest BCUT2D eigenvalue weighted by Gasteiger charge is 2.18. The minimum atomic E-state index is -0.469. The number of carbonyl (C=O) groups is 1. The number of carbonyl (C=O) groups excluding carboxylic acids is 1. The Bertz CT molecular complexity index is 812. The Kier molecular flexibility index (Phi) is 5.02. The van der Waals surface area contributed by atoms with Gasteiger partial charge in [-0.3, -0.25) is 14.9 Å². The summed E-state index contributed by atoms with van der Waals surface area (Å²) in [6, 6.07) is 8.52. The molecule has 0 aliphatic carbocycles. The molecule has 2 aromatic carbocycles. The first-order chi connectivity index (χ1) is 11.2. The van der Waals surface area contributed by atoms with E-state index in [1.165, 1.54) is 17.2 Å². The fraction of sp³-hybridized carbons (Fsp3) is 0.316. The number of amides is 1. The number of hydrogen-bond donors (Lipinski definition) is 1. The Morgan fingerprint density at radius 2 is 1.62 bits per heavy atom. The van der Waals surface area contributed by atoms with Crippen molar-refractivity contribution in [3.05, 3.63) is 73.8 Å². The number of hydrogen-bond acceptors (Lipinski definition) is 3. The molecule has 2 aromatic rings. The summed E-state index contributed by atoms with van der Waals surface area (Å²) in [6.07, 6.45) is 0. The topological polar surface area (TPSA) is 72.2 Å². The van der Waals surface area contributed by atoms with E-state index in [-0.39, 0.29) is 17.6 Å². The van der Waals surface area contributed by atoms with Crippen LogP contribution in [0.15, 0.2) is 30.3 Å². The van der Waals surface area contributed by atoms with Crippen LogP contribution in [0.3, 0.4) is 0 Å². The van der Waals surface area contributed by atoms with Gasteiger partial charge in [-0.1, -0.05) is 18.2 Å². The Balaban J connectivity index is 2.25. The Hall–Kier alpha value is -2.69. The van der Waals surface area contributed by atoms with E-state index >= 15 is 0 Å². The van der Waals surface area contributed by atoms with E-state index in [2.05, 4.69) is 24.4 Å². The summed E-state index contributed by atoms with van der Waals surface area (Å²) in [5, 5.41) is 14.0. The molecule has 0 saturated heterocycles. The first-order valence-corrected chi connectivity index (χ1v) is 7.84. The van der Waals surface area contributed by atoms with Crippen LogP contribution in [0, 0.1) is 37.8 Å². The molecular formula is C19H22N2O3. The first kappa shape index (κ1) is 17.7. The molecule has 0 spiro atoms. The van der Waals surface area contributed by atoms with Crippen LogP contribution in [0.1, 0.15) is 51.1 Å². The lowest BCUT2D eigenvalue weighted by Crippen LogP contribution is -2.27. The van der Waals surface area contributed by atoms with Gasteiger partial charge in [-0.2, -0.15) is 0 Å². The second kappa shape index (κ2) is 6.83. The van der Waals surface area contributed by atoms with Crippen LogP contribution < -0.4 is 5.32 Å². The van der Waals surface area contributed by atoms with E-state index in [9.17, 15) is 14.9 Å². The van der Waals surface area contributed by atoms with Gasteiger partial charge in [0.1, 0.15) is 0 Å². The van der Waals surface area contributed by atoms with Crippen molar-refractivity contribution in [3.8, 4) is 0 Å².